The van der Waals surface area contributed by atoms with E-state index in [2.05, 4.69) is 0 Å². The molecule has 0 aliphatic heterocycles. The second-order valence-electron chi connectivity index (χ2n) is 4.87. The van der Waals surface area contributed by atoms with Crippen molar-refractivity contribution in [3.8, 4) is 0 Å². The lowest BCUT2D eigenvalue weighted by Crippen LogP contribution is -2.05. The van der Waals surface area contributed by atoms with Crippen LogP contribution >= 0.6 is 0 Å². The van der Waals surface area contributed by atoms with Crippen molar-refractivity contribution in [1.82, 2.24) is 0 Å². The fourth-order valence-electron chi connectivity index (χ4n) is 2.19. The second kappa shape index (κ2) is 7.85. The summed E-state index contributed by atoms with van der Waals surface area (Å²) in [5.74, 6) is 0.0672. The van der Waals surface area contributed by atoms with Crippen LogP contribution in [-0.4, -0.2) is 21.6 Å². The molecule has 2 N–H and O–H groups in total. The van der Waals surface area contributed by atoms with Gasteiger partial charge in [-0.05, 0) is 31.5 Å². The van der Waals surface area contributed by atoms with Crippen LogP contribution in [0.1, 0.15) is 25.0 Å². The number of hydrogen-bond donors (Lipinski definition) is 2. The summed E-state index contributed by atoms with van der Waals surface area (Å²) in [6, 6.07) is 16.1. The molecule has 0 amide bonds. The molecule has 1 atom stereocenters. The average molecular weight is 329 g/mol. The van der Waals surface area contributed by atoms with Gasteiger partial charge in [-0.2, -0.15) is 0 Å². The Kier molecular flexibility index (Phi) is 5.84. The van der Waals surface area contributed by atoms with Crippen molar-refractivity contribution in [2.75, 3.05) is 6.61 Å². The number of aliphatic hydroxyl groups excluding tert-OH is 1. The van der Waals surface area contributed by atoms with Crippen LogP contribution in [0.4, 0.5) is 0 Å². The molecular weight excluding hydrogens is 310 g/mol. The zero-order valence-corrected chi connectivity index (χ0v) is 13.9. The lowest BCUT2D eigenvalue weighted by molar-refractivity contribution is 0.371. The predicted octanol–water partition coefficient (Wildman–Crippen LogP) is 4.10. The number of benzene rings is 2. The standard InChI is InChI=1S/C18H19NO3S/c1-3-22-23(21)16-11-9-14(10-12-16)17(13(2)20)18(19)15-7-5-4-6-8-15/h4-12,19-20H,3H2,1-2H3/b17-13-,19-18?/t23-/m1/s1. The molecule has 0 spiro atoms. The van der Waals surface area contributed by atoms with E-state index in [9.17, 15) is 9.32 Å². The quantitative estimate of drug-likeness (QED) is 0.619. The van der Waals surface area contributed by atoms with Crippen LogP contribution < -0.4 is 0 Å². The Bertz CT molecular complexity index is 733. The third-order valence-electron chi connectivity index (χ3n) is 3.23. The monoisotopic (exact) mass is 329 g/mol. The van der Waals surface area contributed by atoms with Crippen LogP contribution in [0.5, 0.6) is 0 Å². The van der Waals surface area contributed by atoms with Gasteiger partial charge in [-0.15, -0.1) is 0 Å². The van der Waals surface area contributed by atoms with Gasteiger partial charge >= 0.3 is 0 Å². The average Bonchev–Trinajstić information content (AvgIpc) is 2.56. The summed E-state index contributed by atoms with van der Waals surface area (Å²) < 4.78 is 16.9. The van der Waals surface area contributed by atoms with Crippen molar-refractivity contribution in [2.45, 2.75) is 18.7 Å². The van der Waals surface area contributed by atoms with E-state index in [1.807, 2.05) is 30.3 Å². The summed E-state index contributed by atoms with van der Waals surface area (Å²) in [6.45, 7) is 3.70. The minimum atomic E-state index is -1.49. The molecule has 0 aliphatic carbocycles. The van der Waals surface area contributed by atoms with Gasteiger partial charge in [-0.1, -0.05) is 42.5 Å². The third kappa shape index (κ3) is 4.15. The molecule has 0 aromatic heterocycles. The topological polar surface area (TPSA) is 70.4 Å². The Labute approximate surface area is 138 Å². The fraction of sp³-hybridized carbons (Fsp3) is 0.167. The maximum Gasteiger partial charge on any atom is 0.189 e. The van der Waals surface area contributed by atoms with Crippen molar-refractivity contribution in [3.05, 3.63) is 71.5 Å². The number of allylic oxidation sites excluding steroid dienone is 2. The van der Waals surface area contributed by atoms with Gasteiger partial charge in [0.25, 0.3) is 0 Å². The van der Waals surface area contributed by atoms with Gasteiger partial charge in [-0.25, -0.2) is 4.21 Å². The molecule has 2 aromatic rings. The van der Waals surface area contributed by atoms with Gasteiger partial charge < -0.3 is 5.11 Å². The second-order valence-corrected chi connectivity index (χ2v) is 6.04. The molecule has 120 valence electrons. The van der Waals surface area contributed by atoms with Gasteiger partial charge in [0.2, 0.25) is 0 Å². The zero-order chi connectivity index (χ0) is 16.8. The maximum absolute atomic E-state index is 11.8. The molecule has 4 nitrogen and oxygen atoms in total. The Hall–Kier alpha value is -2.24. The molecule has 0 saturated heterocycles. The Balaban J connectivity index is 2.35. The first-order valence-electron chi connectivity index (χ1n) is 7.24. The molecule has 0 heterocycles. The number of aliphatic hydroxyl groups is 1. The molecule has 0 aliphatic rings. The first-order valence-corrected chi connectivity index (χ1v) is 8.31. The zero-order valence-electron chi connectivity index (χ0n) is 13.1. The highest BCUT2D eigenvalue weighted by Gasteiger charge is 2.14. The Morgan fingerprint density at radius 2 is 1.70 bits per heavy atom. The van der Waals surface area contributed by atoms with E-state index < -0.39 is 11.1 Å². The van der Waals surface area contributed by atoms with E-state index in [0.717, 1.165) is 5.56 Å². The summed E-state index contributed by atoms with van der Waals surface area (Å²) in [4.78, 5) is 0.553. The maximum atomic E-state index is 11.8. The number of nitrogens with one attached hydrogen (secondary N) is 1. The fourth-order valence-corrected chi connectivity index (χ4v) is 2.90. The molecular formula is C18H19NO3S. The summed E-state index contributed by atoms with van der Waals surface area (Å²) in [7, 11) is 0. The third-order valence-corrected chi connectivity index (χ3v) is 4.34. The minimum Gasteiger partial charge on any atom is -0.512 e. The highest BCUT2D eigenvalue weighted by Crippen LogP contribution is 2.24. The minimum absolute atomic E-state index is 0.0672. The highest BCUT2D eigenvalue weighted by atomic mass is 32.2. The Morgan fingerprint density at radius 3 is 2.22 bits per heavy atom. The van der Waals surface area contributed by atoms with Crippen LogP contribution in [0.15, 0.2) is 65.3 Å². The van der Waals surface area contributed by atoms with E-state index in [1.165, 1.54) is 0 Å². The molecule has 0 radical (unpaired) electrons. The molecule has 2 aromatic carbocycles. The first-order chi connectivity index (χ1) is 11.0. The van der Waals surface area contributed by atoms with Crippen LogP contribution in [0.2, 0.25) is 0 Å². The van der Waals surface area contributed by atoms with E-state index in [1.54, 1.807) is 38.1 Å². The van der Waals surface area contributed by atoms with Crippen molar-refractivity contribution < 1.29 is 13.5 Å². The van der Waals surface area contributed by atoms with Gasteiger partial charge in [0.1, 0.15) is 0 Å². The summed E-state index contributed by atoms with van der Waals surface area (Å²) in [5, 5.41) is 18.4. The summed E-state index contributed by atoms with van der Waals surface area (Å²) in [6.07, 6.45) is 0. The van der Waals surface area contributed by atoms with Gasteiger partial charge in [0, 0.05) is 11.1 Å². The van der Waals surface area contributed by atoms with Crippen LogP contribution in [-0.2, 0) is 15.3 Å². The molecule has 0 saturated carbocycles. The number of hydrogen-bond acceptors (Lipinski definition) is 4. The Morgan fingerprint density at radius 1 is 1.09 bits per heavy atom. The normalized spacial score (nSPS) is 13.3. The smallest absolute Gasteiger partial charge is 0.189 e. The first kappa shape index (κ1) is 17.1. The van der Waals surface area contributed by atoms with Gasteiger partial charge in [0.15, 0.2) is 11.1 Å². The SMILES string of the molecule is CCO[S@@](=O)c1ccc(/C(C(=N)c2ccccc2)=C(\C)O)cc1. The predicted molar refractivity (Wildman–Crippen MR) is 93.0 cm³/mol. The largest absolute Gasteiger partial charge is 0.512 e. The molecule has 0 fully saturated rings. The summed E-state index contributed by atoms with van der Waals surface area (Å²) in [5.41, 5.74) is 2.10. The molecule has 23 heavy (non-hydrogen) atoms. The van der Waals surface area contributed by atoms with E-state index in [4.69, 9.17) is 9.59 Å². The van der Waals surface area contributed by atoms with Crippen LogP contribution in [0.25, 0.3) is 5.57 Å². The van der Waals surface area contributed by atoms with Crippen molar-refractivity contribution >= 4 is 22.4 Å². The lowest BCUT2D eigenvalue weighted by Gasteiger charge is -2.12. The van der Waals surface area contributed by atoms with E-state index >= 15 is 0 Å². The van der Waals surface area contributed by atoms with Crippen molar-refractivity contribution in [3.63, 3.8) is 0 Å². The molecule has 0 unspecified atom stereocenters. The van der Waals surface area contributed by atoms with Gasteiger partial charge in [-0.3, -0.25) is 9.59 Å². The summed E-state index contributed by atoms with van der Waals surface area (Å²) >= 11 is -1.49. The molecule has 2 rings (SSSR count). The number of rotatable bonds is 6. The van der Waals surface area contributed by atoms with Crippen LogP contribution in [0, 0.1) is 5.41 Å². The molecule has 5 heteroatoms. The van der Waals surface area contributed by atoms with E-state index in [-0.39, 0.29) is 11.5 Å². The van der Waals surface area contributed by atoms with Gasteiger partial charge in [0.05, 0.1) is 23.0 Å². The van der Waals surface area contributed by atoms with Crippen molar-refractivity contribution in [1.29, 1.82) is 5.41 Å². The van der Waals surface area contributed by atoms with Crippen LogP contribution in [0.3, 0.4) is 0 Å². The highest BCUT2D eigenvalue weighted by molar-refractivity contribution is 7.80. The van der Waals surface area contributed by atoms with E-state index in [0.29, 0.717) is 22.6 Å². The van der Waals surface area contributed by atoms with Crippen molar-refractivity contribution in [2.24, 2.45) is 0 Å². The lowest BCUT2D eigenvalue weighted by atomic mass is 9.95. The molecule has 0 bridgehead atoms.